The number of alkyl halides is 5. The maximum atomic E-state index is 13.0. The van der Waals surface area contributed by atoms with Gasteiger partial charge in [0.1, 0.15) is 106 Å². The molecule has 396 valence electrons. The Morgan fingerprint density at radius 2 is 0.606 bits per heavy atom. The normalized spacial score (nSPS) is 20.3. The minimum atomic E-state index is -2.12. The monoisotopic (exact) mass is 994 g/mol. The van der Waals surface area contributed by atoms with Gasteiger partial charge >= 0.3 is 0 Å². The van der Waals surface area contributed by atoms with Crippen LogP contribution in [0.1, 0.15) is 41.0 Å². The van der Waals surface area contributed by atoms with E-state index < -0.39 is 184 Å². The largest absolute Gasteiger partial charge is 0.391 e. The lowest BCUT2D eigenvalue weighted by Gasteiger charge is -2.23. The fourth-order valence-corrected chi connectivity index (χ4v) is 3.88. The Bertz CT molecular complexity index is 1170. The number of carbonyl (C=O) groups excluding carboxylic acids is 5. The number of aliphatic hydroxyl groups is 20. The van der Waals surface area contributed by atoms with Crippen LogP contribution in [-0.4, -0.2) is 286 Å². The van der Waals surface area contributed by atoms with Gasteiger partial charge in [-0.05, 0) is 34.1 Å². The van der Waals surface area contributed by atoms with Crippen LogP contribution in [-0.2, 0) is 24.0 Å². The molecular weight excluding hydrogens is 927 g/mol. The Labute approximate surface area is 373 Å². The molecule has 0 aromatic heterocycles. The van der Waals surface area contributed by atoms with Crippen molar-refractivity contribution in [2.45, 2.75) is 163 Å². The van der Waals surface area contributed by atoms with Gasteiger partial charge in [0, 0.05) is 0 Å². The van der Waals surface area contributed by atoms with E-state index in [2.05, 4.69) is 0 Å². The van der Waals surface area contributed by atoms with Crippen LogP contribution in [0.5, 0.6) is 0 Å². The maximum absolute atomic E-state index is 13.0. The van der Waals surface area contributed by atoms with Gasteiger partial charge in [0.25, 0.3) is 0 Å². The van der Waals surface area contributed by atoms with E-state index in [9.17, 15) is 45.9 Å². The van der Waals surface area contributed by atoms with Gasteiger partial charge in [-0.25, -0.2) is 22.0 Å². The SMILES string of the molecule is CC(F)C(O)C(O)C(O)C(=O)CO.CC(O)C(F)C(O)C(O)C(=O)CO.CC(O)C(F)C(O)C(O)C(=O)CO.CC(O)C(O)C(O)C(O)C(=O)CF.CCC(O)C(F)C(O)C(O)C(=O)CO. The van der Waals surface area contributed by atoms with E-state index >= 15 is 0 Å². The lowest BCUT2D eigenvalue weighted by atomic mass is 10.0. The van der Waals surface area contributed by atoms with Crippen molar-refractivity contribution in [1.29, 1.82) is 0 Å². The van der Waals surface area contributed by atoms with Crippen LogP contribution in [0.15, 0.2) is 0 Å². The maximum Gasteiger partial charge on any atom is 0.194 e. The third-order valence-electron chi connectivity index (χ3n) is 8.37. The predicted molar refractivity (Wildman–Crippen MR) is 208 cm³/mol. The Kier molecular flexibility index (Phi) is 41.7. The number of aliphatic hydroxyl groups excluding tert-OH is 20. The first-order valence-corrected chi connectivity index (χ1v) is 19.2. The fraction of sp³-hybridized carbons (Fsp3) is 0.861. The molecule has 20 unspecified atom stereocenters. The minimum Gasteiger partial charge on any atom is -0.391 e. The van der Waals surface area contributed by atoms with Crippen molar-refractivity contribution in [3.8, 4) is 0 Å². The average molecular weight is 995 g/mol. The van der Waals surface area contributed by atoms with Crippen molar-refractivity contribution in [2.75, 3.05) is 33.1 Å². The molecule has 0 aliphatic carbocycles. The van der Waals surface area contributed by atoms with Gasteiger partial charge in [0.05, 0.1) is 24.4 Å². The van der Waals surface area contributed by atoms with E-state index in [0.29, 0.717) is 0 Å². The van der Waals surface area contributed by atoms with Crippen molar-refractivity contribution in [2.24, 2.45) is 0 Å². The number of hydrogen-bond donors (Lipinski definition) is 20. The van der Waals surface area contributed by atoms with E-state index in [0.717, 1.165) is 20.8 Å². The van der Waals surface area contributed by atoms with Gasteiger partial charge < -0.3 is 102 Å². The Morgan fingerprint density at radius 3 is 0.818 bits per heavy atom. The summed E-state index contributed by atoms with van der Waals surface area (Å²) >= 11 is 0. The molecule has 66 heavy (non-hydrogen) atoms. The summed E-state index contributed by atoms with van der Waals surface area (Å²) in [6, 6.07) is 0. The minimum absolute atomic E-state index is 0.0538. The molecule has 0 bridgehead atoms. The highest BCUT2D eigenvalue weighted by atomic mass is 19.1. The van der Waals surface area contributed by atoms with Crippen molar-refractivity contribution in [3.63, 3.8) is 0 Å². The molecule has 0 fully saturated rings. The molecule has 0 amide bonds. The molecule has 25 nitrogen and oxygen atoms in total. The van der Waals surface area contributed by atoms with Gasteiger partial charge in [0.2, 0.25) is 0 Å². The lowest BCUT2D eigenvalue weighted by Crippen LogP contribution is -2.47. The standard InChI is InChI=1S/C8H15FO5.4C7H13FO5/c1-2-4(11)6(9)8(14)7(13)5(12)3-10;2*1-3(10)5(8)7(13)6(12)4(11)2-9;1-3(8)5(11)7(13)6(12)4(10)2-9;1-3(9)5(11)7(13)6(12)4(10)2-8/h4,6-8,10-11,13-14H,2-3H2,1H3;2*3,5-7,9-10,12-13H,2H2,1H3;2*3,5-7,9,11-13H,2H2,1H3. The topological polar surface area (TPSA) is 490 Å². The third-order valence-corrected chi connectivity index (χ3v) is 8.37. The predicted octanol–water partition coefficient (Wildman–Crippen LogP) is -9.67. The zero-order valence-corrected chi connectivity index (χ0v) is 36.2. The van der Waals surface area contributed by atoms with Crippen LogP contribution in [0.25, 0.3) is 0 Å². The third kappa shape index (κ3) is 27.9. The van der Waals surface area contributed by atoms with Crippen LogP contribution in [0.4, 0.5) is 22.0 Å². The summed E-state index contributed by atoms with van der Waals surface area (Å²) in [5.41, 5.74) is 0. The summed E-state index contributed by atoms with van der Waals surface area (Å²) in [5, 5.41) is 176. The van der Waals surface area contributed by atoms with Gasteiger partial charge in [-0.1, -0.05) is 6.92 Å². The zero-order chi connectivity index (χ0) is 53.7. The zero-order valence-electron chi connectivity index (χ0n) is 36.2. The van der Waals surface area contributed by atoms with E-state index in [1.807, 2.05) is 0 Å². The highest BCUT2D eigenvalue weighted by Gasteiger charge is 2.37. The van der Waals surface area contributed by atoms with E-state index in [1.54, 1.807) is 0 Å². The molecule has 0 aliphatic heterocycles. The molecule has 0 rings (SSSR count). The van der Waals surface area contributed by atoms with Crippen LogP contribution >= 0.6 is 0 Å². The number of carbonyl (C=O) groups is 5. The van der Waals surface area contributed by atoms with Crippen LogP contribution < -0.4 is 0 Å². The molecule has 20 N–H and O–H groups in total. The number of Topliss-reactive ketones (excluding diaryl/α,β-unsaturated/α-hetero) is 5. The van der Waals surface area contributed by atoms with Crippen LogP contribution in [0.3, 0.4) is 0 Å². The molecule has 20 atom stereocenters. The highest BCUT2D eigenvalue weighted by Crippen LogP contribution is 2.13. The molecule has 0 saturated heterocycles. The number of hydrogen-bond acceptors (Lipinski definition) is 25. The molecule has 0 spiro atoms. The molecule has 0 aromatic carbocycles. The molecular formula is C36H67F5O25. The first-order chi connectivity index (χ1) is 30.1. The van der Waals surface area contributed by atoms with E-state index in [4.69, 9.17) is 102 Å². The van der Waals surface area contributed by atoms with Crippen molar-refractivity contribution < 1.29 is 148 Å². The summed E-state index contributed by atoms with van der Waals surface area (Å²) in [6.45, 7) is 0.446. The summed E-state index contributed by atoms with van der Waals surface area (Å²) in [7, 11) is 0. The second-order valence-electron chi connectivity index (χ2n) is 14.0. The van der Waals surface area contributed by atoms with Gasteiger partial charge in [-0.2, -0.15) is 0 Å². The fourth-order valence-electron chi connectivity index (χ4n) is 3.88. The van der Waals surface area contributed by atoms with E-state index in [1.165, 1.54) is 13.8 Å². The number of halogens is 5. The summed E-state index contributed by atoms with van der Waals surface area (Å²) in [6.07, 6.45) is -37.1. The van der Waals surface area contributed by atoms with Gasteiger partial charge in [-0.15, -0.1) is 0 Å². The molecule has 30 heteroatoms. The Balaban J connectivity index is -0.000000235. The smallest absolute Gasteiger partial charge is 0.194 e. The average Bonchev–Trinajstić information content (AvgIpc) is 3.31. The van der Waals surface area contributed by atoms with E-state index in [-0.39, 0.29) is 6.42 Å². The van der Waals surface area contributed by atoms with Crippen LogP contribution in [0, 0.1) is 0 Å². The Morgan fingerprint density at radius 1 is 0.364 bits per heavy atom. The first-order valence-electron chi connectivity index (χ1n) is 19.2. The molecule has 0 aromatic rings. The summed E-state index contributed by atoms with van der Waals surface area (Å²) < 4.78 is 62.7. The Hall–Kier alpha value is -2.80. The van der Waals surface area contributed by atoms with Crippen molar-refractivity contribution in [1.82, 2.24) is 0 Å². The second kappa shape index (κ2) is 38.1. The number of rotatable bonds is 26. The number of ketones is 5. The summed E-state index contributed by atoms with van der Waals surface area (Å²) in [5.74, 6) is -5.55. The second-order valence-corrected chi connectivity index (χ2v) is 14.0. The molecule has 0 heterocycles. The quantitative estimate of drug-likeness (QED) is 0.0358. The van der Waals surface area contributed by atoms with Crippen molar-refractivity contribution >= 4 is 28.9 Å². The molecule has 0 radical (unpaired) electrons. The van der Waals surface area contributed by atoms with Crippen molar-refractivity contribution in [3.05, 3.63) is 0 Å². The van der Waals surface area contributed by atoms with Gasteiger partial charge in [-0.3, -0.25) is 24.0 Å². The molecule has 0 saturated carbocycles. The first kappa shape index (κ1) is 72.2. The van der Waals surface area contributed by atoms with Crippen LogP contribution in [0.2, 0.25) is 0 Å². The lowest BCUT2D eigenvalue weighted by molar-refractivity contribution is -0.144. The molecule has 0 aliphatic rings. The summed E-state index contributed by atoms with van der Waals surface area (Å²) in [4.78, 5) is 52.9. The highest BCUT2D eigenvalue weighted by molar-refractivity contribution is 5.86. The van der Waals surface area contributed by atoms with Gasteiger partial charge in [0.15, 0.2) is 54.1 Å².